The molecule has 1 atom stereocenters. The Bertz CT molecular complexity index is 1150. The van der Waals surface area contributed by atoms with Gasteiger partial charge in [-0.05, 0) is 66.8 Å². The van der Waals surface area contributed by atoms with Gasteiger partial charge in [-0.3, -0.25) is 9.78 Å². The summed E-state index contributed by atoms with van der Waals surface area (Å²) in [5.74, 6) is 1.22. The van der Waals surface area contributed by atoms with Gasteiger partial charge in [0.2, 0.25) is 0 Å². The lowest BCUT2D eigenvalue weighted by Gasteiger charge is -2.24. The fourth-order valence-corrected chi connectivity index (χ4v) is 4.56. The van der Waals surface area contributed by atoms with Gasteiger partial charge in [-0.1, -0.05) is 29.8 Å². The first-order chi connectivity index (χ1) is 16.7. The third-order valence-corrected chi connectivity index (χ3v) is 6.36. The maximum Gasteiger partial charge on any atom is 0.272 e. The van der Waals surface area contributed by atoms with Crippen LogP contribution in [0.2, 0.25) is 5.02 Å². The highest BCUT2D eigenvalue weighted by molar-refractivity contribution is 6.30. The van der Waals surface area contributed by atoms with Gasteiger partial charge in [-0.25, -0.2) is 0 Å². The molecule has 0 unspecified atom stereocenters. The minimum Gasteiger partial charge on any atom is -0.487 e. The summed E-state index contributed by atoms with van der Waals surface area (Å²) in [6, 6.07) is 17.1. The topological polar surface area (TPSA) is 60.9 Å². The SMILES string of the molecule is O=C(c1ccccn1)N1CCOc2c(cc(-c3cccc(Cl)c3)cc2OC[C@@H]2CCCCO2)C1. The number of aromatic nitrogens is 1. The predicted molar refractivity (Wildman–Crippen MR) is 130 cm³/mol. The van der Waals surface area contributed by atoms with Crippen LogP contribution in [0.5, 0.6) is 11.5 Å². The van der Waals surface area contributed by atoms with Gasteiger partial charge in [0.25, 0.3) is 5.91 Å². The molecule has 176 valence electrons. The van der Waals surface area contributed by atoms with Crippen LogP contribution >= 0.6 is 11.6 Å². The molecule has 1 aromatic heterocycles. The Kier molecular flexibility index (Phi) is 6.97. The van der Waals surface area contributed by atoms with Crippen molar-refractivity contribution >= 4 is 17.5 Å². The molecule has 0 radical (unpaired) electrons. The van der Waals surface area contributed by atoms with Crippen LogP contribution in [0.25, 0.3) is 11.1 Å². The van der Waals surface area contributed by atoms with Crippen LogP contribution in [0.3, 0.4) is 0 Å². The Hall–Kier alpha value is -3.09. The van der Waals surface area contributed by atoms with Gasteiger partial charge in [-0.15, -0.1) is 0 Å². The molecule has 6 nitrogen and oxygen atoms in total. The lowest BCUT2D eigenvalue weighted by molar-refractivity contribution is -0.0115. The van der Waals surface area contributed by atoms with Gasteiger partial charge >= 0.3 is 0 Å². The van der Waals surface area contributed by atoms with Crippen LogP contribution in [0.4, 0.5) is 0 Å². The maximum atomic E-state index is 13.1. The van der Waals surface area contributed by atoms with Crippen LogP contribution in [0.15, 0.2) is 60.8 Å². The maximum absolute atomic E-state index is 13.1. The number of rotatable bonds is 5. The van der Waals surface area contributed by atoms with Crippen LogP contribution in [-0.2, 0) is 11.3 Å². The first-order valence-electron chi connectivity index (χ1n) is 11.7. The molecule has 2 aliphatic heterocycles. The molecule has 1 amide bonds. The molecule has 5 rings (SSSR count). The van der Waals surface area contributed by atoms with E-state index in [1.807, 2.05) is 36.4 Å². The number of ether oxygens (including phenoxy) is 3. The molecule has 2 aromatic carbocycles. The molecule has 3 aromatic rings. The number of hydrogen-bond acceptors (Lipinski definition) is 5. The lowest BCUT2D eigenvalue weighted by Crippen LogP contribution is -2.32. The highest BCUT2D eigenvalue weighted by Gasteiger charge is 2.26. The quantitative estimate of drug-likeness (QED) is 0.492. The van der Waals surface area contributed by atoms with Crippen molar-refractivity contribution < 1.29 is 19.0 Å². The second-order valence-corrected chi connectivity index (χ2v) is 9.00. The van der Waals surface area contributed by atoms with Crippen molar-refractivity contribution in [1.82, 2.24) is 9.88 Å². The number of carbonyl (C=O) groups excluding carboxylic acids is 1. The molecule has 34 heavy (non-hydrogen) atoms. The summed E-state index contributed by atoms with van der Waals surface area (Å²) in [4.78, 5) is 19.1. The van der Waals surface area contributed by atoms with Crippen molar-refractivity contribution in [3.63, 3.8) is 0 Å². The summed E-state index contributed by atoms with van der Waals surface area (Å²) in [7, 11) is 0. The van der Waals surface area contributed by atoms with Crippen molar-refractivity contribution in [2.45, 2.75) is 31.9 Å². The summed E-state index contributed by atoms with van der Waals surface area (Å²) in [6.07, 6.45) is 4.94. The zero-order valence-corrected chi connectivity index (χ0v) is 19.7. The normalized spacial score (nSPS) is 17.9. The van der Waals surface area contributed by atoms with Gasteiger partial charge in [0.05, 0.1) is 12.6 Å². The van der Waals surface area contributed by atoms with E-state index in [0.717, 1.165) is 42.6 Å². The Morgan fingerprint density at radius 3 is 2.82 bits per heavy atom. The number of carbonyl (C=O) groups is 1. The van der Waals surface area contributed by atoms with E-state index >= 15 is 0 Å². The van der Waals surface area contributed by atoms with Crippen LogP contribution in [0.1, 0.15) is 35.3 Å². The number of fused-ring (bicyclic) bond motifs is 1. The Balaban J connectivity index is 1.48. The van der Waals surface area contributed by atoms with Crippen LogP contribution in [0, 0.1) is 0 Å². The smallest absolute Gasteiger partial charge is 0.272 e. The minimum atomic E-state index is -0.122. The minimum absolute atomic E-state index is 0.0761. The zero-order valence-electron chi connectivity index (χ0n) is 18.9. The summed E-state index contributed by atoms with van der Waals surface area (Å²) < 4.78 is 18.3. The average molecular weight is 479 g/mol. The third kappa shape index (κ3) is 5.18. The largest absolute Gasteiger partial charge is 0.487 e. The zero-order chi connectivity index (χ0) is 23.3. The summed E-state index contributed by atoms with van der Waals surface area (Å²) in [5.41, 5.74) is 3.24. The summed E-state index contributed by atoms with van der Waals surface area (Å²) in [5, 5.41) is 0.661. The van der Waals surface area contributed by atoms with E-state index in [9.17, 15) is 4.79 Å². The van der Waals surface area contributed by atoms with E-state index in [1.165, 1.54) is 0 Å². The molecule has 0 saturated carbocycles. The Morgan fingerprint density at radius 1 is 1.09 bits per heavy atom. The number of halogens is 1. The van der Waals surface area contributed by atoms with E-state index in [1.54, 1.807) is 23.2 Å². The molecule has 2 aliphatic rings. The number of nitrogens with zero attached hydrogens (tertiary/aromatic N) is 2. The lowest BCUT2D eigenvalue weighted by atomic mass is 10.0. The first kappa shape index (κ1) is 22.7. The van der Waals surface area contributed by atoms with E-state index in [-0.39, 0.29) is 12.0 Å². The monoisotopic (exact) mass is 478 g/mol. The highest BCUT2D eigenvalue weighted by atomic mass is 35.5. The van der Waals surface area contributed by atoms with Gasteiger partial charge in [-0.2, -0.15) is 0 Å². The second-order valence-electron chi connectivity index (χ2n) is 8.56. The Morgan fingerprint density at radius 2 is 2.03 bits per heavy atom. The number of benzene rings is 2. The van der Waals surface area contributed by atoms with E-state index in [0.29, 0.717) is 48.5 Å². The van der Waals surface area contributed by atoms with Crippen LogP contribution < -0.4 is 9.47 Å². The van der Waals surface area contributed by atoms with Crippen molar-refractivity contribution in [3.05, 3.63) is 77.1 Å². The van der Waals surface area contributed by atoms with Crippen molar-refractivity contribution in [1.29, 1.82) is 0 Å². The first-order valence-corrected chi connectivity index (χ1v) is 12.1. The average Bonchev–Trinajstić information content (AvgIpc) is 3.10. The van der Waals surface area contributed by atoms with E-state index < -0.39 is 0 Å². The van der Waals surface area contributed by atoms with Gasteiger partial charge < -0.3 is 19.1 Å². The third-order valence-electron chi connectivity index (χ3n) is 6.13. The number of amides is 1. The standard InChI is InChI=1S/C27H27ClN2O4/c28-22-7-5-6-19(15-22)20-14-21-17-30(27(31)24-9-1-3-10-29-24)11-13-33-26(21)25(16-20)34-18-23-8-2-4-12-32-23/h1,3,5-7,9-10,14-16,23H,2,4,8,11-13,17-18H2/t23-/m0/s1. The molecule has 7 heteroatoms. The van der Waals surface area contributed by atoms with E-state index in [2.05, 4.69) is 11.1 Å². The fraction of sp³-hybridized carbons (Fsp3) is 0.333. The molecule has 1 fully saturated rings. The molecule has 3 heterocycles. The molecular weight excluding hydrogens is 452 g/mol. The van der Waals surface area contributed by atoms with Gasteiger partial charge in [0.15, 0.2) is 11.5 Å². The molecular formula is C27H27ClN2O4. The number of hydrogen-bond donors (Lipinski definition) is 0. The number of pyridine rings is 1. The highest BCUT2D eigenvalue weighted by Crippen LogP contribution is 2.39. The van der Waals surface area contributed by atoms with Crippen molar-refractivity contribution in [2.24, 2.45) is 0 Å². The molecule has 0 bridgehead atoms. The summed E-state index contributed by atoms with van der Waals surface area (Å²) >= 11 is 6.27. The second kappa shape index (κ2) is 10.5. The van der Waals surface area contributed by atoms with Gasteiger partial charge in [0.1, 0.15) is 18.9 Å². The molecule has 0 N–H and O–H groups in total. The predicted octanol–water partition coefficient (Wildman–Crippen LogP) is 5.38. The molecule has 0 spiro atoms. The summed E-state index contributed by atoms with van der Waals surface area (Å²) in [6.45, 7) is 2.47. The van der Waals surface area contributed by atoms with Crippen LogP contribution in [-0.4, -0.2) is 48.3 Å². The van der Waals surface area contributed by atoms with Crippen molar-refractivity contribution in [3.8, 4) is 22.6 Å². The molecule has 1 saturated heterocycles. The van der Waals surface area contributed by atoms with E-state index in [4.69, 9.17) is 25.8 Å². The Labute approximate surface area is 204 Å². The van der Waals surface area contributed by atoms with Crippen molar-refractivity contribution in [2.75, 3.05) is 26.4 Å². The van der Waals surface area contributed by atoms with Gasteiger partial charge in [0, 0.05) is 29.9 Å². The molecule has 0 aliphatic carbocycles. The fourth-order valence-electron chi connectivity index (χ4n) is 4.37.